The van der Waals surface area contributed by atoms with Crippen LogP contribution in [0.4, 0.5) is 10.1 Å². The third-order valence-corrected chi connectivity index (χ3v) is 9.38. The lowest BCUT2D eigenvalue weighted by Gasteiger charge is -2.33. The topological polar surface area (TPSA) is 49.4 Å². The van der Waals surface area contributed by atoms with Crippen LogP contribution in [-0.2, 0) is 9.59 Å². The quantitative estimate of drug-likeness (QED) is 0.205. The molecule has 2 heterocycles. The molecule has 1 N–H and O–H groups in total. The van der Waals surface area contributed by atoms with Crippen molar-refractivity contribution in [3.8, 4) is 0 Å². The summed E-state index contributed by atoms with van der Waals surface area (Å²) in [7, 11) is 0. The maximum absolute atomic E-state index is 14.0. The van der Waals surface area contributed by atoms with Gasteiger partial charge < -0.3 is 10.2 Å². The van der Waals surface area contributed by atoms with Gasteiger partial charge in [-0.1, -0.05) is 91.1 Å². The number of allylic oxidation sites excluding steroid dienone is 3. The number of unbranched alkanes of at least 4 members (excludes halogenated alkanes) is 7. The number of carbonyl (C=O) groups excluding carboxylic acids is 2. The zero-order valence-corrected chi connectivity index (χ0v) is 28.0. The summed E-state index contributed by atoms with van der Waals surface area (Å²) in [4.78, 5) is 28.7. The highest BCUT2D eigenvalue weighted by molar-refractivity contribution is 6.32. The van der Waals surface area contributed by atoms with E-state index in [0.717, 1.165) is 85.9 Å². The van der Waals surface area contributed by atoms with Crippen LogP contribution in [0.25, 0.3) is 5.57 Å². The first-order valence-electron chi connectivity index (χ1n) is 17.3. The molecule has 1 aromatic rings. The van der Waals surface area contributed by atoms with E-state index in [1.165, 1.54) is 63.5 Å². The van der Waals surface area contributed by atoms with Crippen LogP contribution >= 0.6 is 0 Å². The number of nitrogens with zero attached hydrogens (tertiary/aromatic N) is 1. The maximum Gasteiger partial charge on any atom is 0.256 e. The summed E-state index contributed by atoms with van der Waals surface area (Å²) in [5.74, 6) is 0.260. The van der Waals surface area contributed by atoms with Gasteiger partial charge in [-0.25, -0.2) is 4.39 Å². The number of carbonyl (C=O) groups is 2. The maximum atomic E-state index is 14.0. The van der Waals surface area contributed by atoms with Crippen LogP contribution in [0.15, 0.2) is 46.1 Å². The number of hydrogen-bond donors (Lipinski definition) is 1. The molecule has 1 aliphatic carbocycles. The molecule has 0 bridgehead atoms. The van der Waals surface area contributed by atoms with Crippen molar-refractivity contribution in [2.24, 2.45) is 5.92 Å². The van der Waals surface area contributed by atoms with E-state index in [1.54, 1.807) is 6.07 Å². The van der Waals surface area contributed by atoms with Crippen molar-refractivity contribution in [2.75, 3.05) is 18.4 Å². The average Bonchev–Trinajstić information content (AvgIpc) is 3.31. The molecule has 0 unspecified atom stereocenters. The zero-order chi connectivity index (χ0) is 31.4. The van der Waals surface area contributed by atoms with Gasteiger partial charge in [0.1, 0.15) is 5.82 Å². The second kappa shape index (κ2) is 17.6. The molecule has 4 rings (SSSR count). The Morgan fingerprint density at radius 1 is 0.953 bits per heavy atom. The first kappa shape index (κ1) is 34.8. The summed E-state index contributed by atoms with van der Waals surface area (Å²) in [6.07, 6.45) is 17.9. The molecule has 2 aliphatic heterocycles. The molecule has 43 heavy (non-hydrogen) atoms. The van der Waals surface area contributed by atoms with Gasteiger partial charge in [-0.3, -0.25) is 9.59 Å². The van der Waals surface area contributed by atoms with Gasteiger partial charge in [0.15, 0.2) is 0 Å². The van der Waals surface area contributed by atoms with Gasteiger partial charge in [-0.15, -0.1) is 0 Å². The number of nitrogens with one attached hydrogen (secondary N) is 1. The molecule has 0 spiro atoms. The van der Waals surface area contributed by atoms with E-state index in [9.17, 15) is 14.0 Å². The Hall–Kier alpha value is -2.69. The van der Waals surface area contributed by atoms with Gasteiger partial charge in [0, 0.05) is 29.9 Å². The standard InChI is InChI=1S/C28H35FN2O2.C10H22/c1-5-7-18(3)25(28(33)31-14-12-17(2)13-15-31)21-8-6-9-22(19(21)4)26-23-16-20(29)10-11-24(23)30-27(26)32;1-3-5-7-9-10-8-6-4-2/h10-11,16-17H,5-9,12-15H2,1-4H3,(H,30,32);3-10H2,1-2H3/b25-18+,26-22-;. The SMILES string of the molecule is CCC/C(C)=C(/C(=O)N1CCC(C)CC1)C1=C(C)/C(=C2\C(=O)Nc3ccc(F)cc32)CCC1.CCCCCCCCCC. The van der Waals surface area contributed by atoms with Gasteiger partial charge in [0.2, 0.25) is 0 Å². The Kier molecular flexibility index (Phi) is 14.2. The molecule has 1 fully saturated rings. The van der Waals surface area contributed by atoms with Gasteiger partial charge >= 0.3 is 0 Å². The van der Waals surface area contributed by atoms with Gasteiger partial charge in [0.25, 0.3) is 11.8 Å². The fourth-order valence-corrected chi connectivity index (χ4v) is 6.71. The molecule has 1 saturated heterocycles. The van der Waals surface area contributed by atoms with Crippen LogP contribution < -0.4 is 5.32 Å². The van der Waals surface area contributed by atoms with E-state index in [4.69, 9.17) is 0 Å². The molecule has 0 saturated carbocycles. The van der Waals surface area contributed by atoms with Crippen molar-refractivity contribution in [2.45, 2.75) is 138 Å². The Bertz CT molecular complexity index is 1190. The molecule has 4 nitrogen and oxygen atoms in total. The highest BCUT2D eigenvalue weighted by atomic mass is 19.1. The number of anilines is 1. The lowest BCUT2D eigenvalue weighted by atomic mass is 9.79. The minimum atomic E-state index is -0.352. The Labute approximate surface area is 261 Å². The van der Waals surface area contributed by atoms with Crippen molar-refractivity contribution in [1.82, 2.24) is 4.90 Å². The monoisotopic (exact) mass is 592 g/mol. The van der Waals surface area contributed by atoms with E-state index in [-0.39, 0.29) is 17.6 Å². The van der Waals surface area contributed by atoms with Crippen molar-refractivity contribution in [3.05, 3.63) is 57.4 Å². The lowest BCUT2D eigenvalue weighted by Crippen LogP contribution is -2.39. The predicted molar refractivity (Wildman–Crippen MR) is 179 cm³/mol. The second-order valence-electron chi connectivity index (χ2n) is 13.0. The number of amides is 2. The number of rotatable bonds is 11. The smallest absolute Gasteiger partial charge is 0.256 e. The highest BCUT2D eigenvalue weighted by Gasteiger charge is 2.33. The van der Waals surface area contributed by atoms with Crippen LogP contribution in [0.2, 0.25) is 0 Å². The molecule has 2 amide bonds. The van der Waals surface area contributed by atoms with Crippen molar-refractivity contribution < 1.29 is 14.0 Å². The summed E-state index contributed by atoms with van der Waals surface area (Å²) >= 11 is 0. The summed E-state index contributed by atoms with van der Waals surface area (Å²) in [6.45, 7) is 14.7. The first-order valence-corrected chi connectivity index (χ1v) is 17.3. The van der Waals surface area contributed by atoms with Gasteiger partial charge in [0.05, 0.1) is 5.57 Å². The van der Waals surface area contributed by atoms with Crippen LogP contribution in [0, 0.1) is 11.7 Å². The van der Waals surface area contributed by atoms with Crippen LogP contribution in [0.5, 0.6) is 0 Å². The predicted octanol–water partition coefficient (Wildman–Crippen LogP) is 10.6. The summed E-state index contributed by atoms with van der Waals surface area (Å²) < 4.78 is 14.0. The normalized spacial score (nSPS) is 19.5. The average molecular weight is 593 g/mol. The summed E-state index contributed by atoms with van der Waals surface area (Å²) in [6, 6.07) is 4.43. The third-order valence-electron chi connectivity index (χ3n) is 9.38. The number of hydrogen-bond acceptors (Lipinski definition) is 2. The summed E-state index contributed by atoms with van der Waals surface area (Å²) in [5, 5.41) is 2.89. The molecule has 238 valence electrons. The van der Waals surface area contributed by atoms with Crippen molar-refractivity contribution in [1.29, 1.82) is 0 Å². The fraction of sp³-hybridized carbons (Fsp3) is 0.632. The summed E-state index contributed by atoms with van der Waals surface area (Å²) in [5.41, 5.74) is 6.83. The molecule has 1 aromatic carbocycles. The van der Waals surface area contributed by atoms with Crippen LogP contribution in [0.3, 0.4) is 0 Å². The molecule has 3 aliphatic rings. The number of likely N-dealkylation sites (tertiary alicyclic amines) is 1. The molecular formula is C38H57FN2O2. The van der Waals surface area contributed by atoms with Gasteiger partial charge in [-0.05, 0) is 93.2 Å². The van der Waals surface area contributed by atoms with E-state index in [0.29, 0.717) is 22.7 Å². The van der Waals surface area contributed by atoms with Crippen molar-refractivity contribution >= 4 is 23.1 Å². The fourth-order valence-electron chi connectivity index (χ4n) is 6.71. The van der Waals surface area contributed by atoms with E-state index in [1.807, 2.05) is 11.8 Å². The van der Waals surface area contributed by atoms with E-state index in [2.05, 4.69) is 39.9 Å². The van der Waals surface area contributed by atoms with E-state index < -0.39 is 0 Å². The Morgan fingerprint density at radius 2 is 1.58 bits per heavy atom. The molecule has 0 atom stereocenters. The zero-order valence-electron chi connectivity index (χ0n) is 28.0. The first-order chi connectivity index (χ1) is 20.7. The number of piperidine rings is 1. The number of halogens is 1. The molecule has 0 aromatic heterocycles. The lowest BCUT2D eigenvalue weighted by molar-refractivity contribution is -0.128. The largest absolute Gasteiger partial charge is 0.339 e. The Morgan fingerprint density at radius 3 is 2.19 bits per heavy atom. The molecule has 5 heteroatoms. The number of fused-ring (bicyclic) bond motifs is 1. The van der Waals surface area contributed by atoms with Crippen LogP contribution in [-0.4, -0.2) is 29.8 Å². The number of benzene rings is 1. The minimum absolute atomic E-state index is 0.135. The minimum Gasteiger partial charge on any atom is -0.339 e. The third kappa shape index (κ3) is 9.40. The molecule has 0 radical (unpaired) electrons. The Balaban J connectivity index is 0.000000436. The molecular weight excluding hydrogens is 535 g/mol. The van der Waals surface area contributed by atoms with Crippen LogP contribution in [0.1, 0.15) is 143 Å². The highest BCUT2D eigenvalue weighted by Crippen LogP contribution is 2.43. The van der Waals surface area contributed by atoms with Crippen molar-refractivity contribution in [3.63, 3.8) is 0 Å². The second-order valence-corrected chi connectivity index (χ2v) is 13.0. The van der Waals surface area contributed by atoms with Gasteiger partial charge in [-0.2, -0.15) is 0 Å². The van der Waals surface area contributed by atoms with E-state index >= 15 is 0 Å².